The monoisotopic (exact) mass is 331 g/mol. The van der Waals surface area contributed by atoms with E-state index in [2.05, 4.69) is 28.4 Å². The zero-order chi connectivity index (χ0) is 17.5. The van der Waals surface area contributed by atoms with Crippen LogP contribution in [0, 0.1) is 19.7 Å². The van der Waals surface area contributed by atoms with Crippen molar-refractivity contribution in [2.45, 2.75) is 33.4 Å². The number of rotatable bonds is 6. The smallest absolute Gasteiger partial charge is 0.193 e. The predicted octanol–water partition coefficient (Wildman–Crippen LogP) is 2.74. The maximum atomic E-state index is 13.0. The molecule has 0 atom stereocenters. The summed E-state index contributed by atoms with van der Waals surface area (Å²) >= 11 is 0. The highest BCUT2D eigenvalue weighted by Gasteiger charge is 2.07. The van der Waals surface area contributed by atoms with Gasteiger partial charge in [0.2, 0.25) is 0 Å². The van der Waals surface area contributed by atoms with Gasteiger partial charge in [-0.05, 0) is 44.0 Å². The zero-order valence-corrected chi connectivity index (χ0v) is 14.9. The third kappa shape index (κ3) is 5.08. The number of nitrogens with zero attached hydrogens (tertiary/aromatic N) is 4. The van der Waals surface area contributed by atoms with Gasteiger partial charge in [-0.15, -0.1) is 0 Å². The van der Waals surface area contributed by atoms with Crippen molar-refractivity contribution >= 4 is 5.96 Å². The van der Waals surface area contributed by atoms with Crippen LogP contribution < -0.4 is 5.32 Å². The lowest BCUT2D eigenvalue weighted by Crippen LogP contribution is -2.39. The maximum Gasteiger partial charge on any atom is 0.193 e. The van der Waals surface area contributed by atoms with Crippen LogP contribution in [0.2, 0.25) is 0 Å². The molecule has 5 nitrogen and oxygen atoms in total. The molecule has 1 N–H and O–H groups in total. The fourth-order valence-corrected chi connectivity index (χ4v) is 2.65. The first kappa shape index (κ1) is 18.0. The summed E-state index contributed by atoms with van der Waals surface area (Å²) in [7, 11) is 3.74. The van der Waals surface area contributed by atoms with E-state index in [0.29, 0.717) is 6.54 Å². The first-order valence-corrected chi connectivity index (χ1v) is 8.17. The first-order chi connectivity index (χ1) is 11.5. The lowest BCUT2D eigenvalue weighted by molar-refractivity contribution is 0.470. The predicted molar refractivity (Wildman–Crippen MR) is 95.5 cm³/mol. The van der Waals surface area contributed by atoms with Gasteiger partial charge in [-0.2, -0.15) is 5.10 Å². The van der Waals surface area contributed by atoms with Gasteiger partial charge in [0.15, 0.2) is 5.96 Å². The second-order valence-corrected chi connectivity index (χ2v) is 5.96. The summed E-state index contributed by atoms with van der Waals surface area (Å²) in [6, 6.07) is 8.63. The number of benzene rings is 1. The van der Waals surface area contributed by atoms with E-state index < -0.39 is 0 Å². The average molecular weight is 331 g/mol. The van der Waals surface area contributed by atoms with Crippen LogP contribution in [0.4, 0.5) is 4.39 Å². The van der Waals surface area contributed by atoms with E-state index in [1.165, 1.54) is 17.8 Å². The largest absolute Gasteiger partial charge is 0.356 e. The van der Waals surface area contributed by atoms with Gasteiger partial charge in [-0.1, -0.05) is 12.1 Å². The first-order valence-electron chi connectivity index (χ1n) is 8.17. The van der Waals surface area contributed by atoms with Crippen LogP contribution in [0.3, 0.4) is 0 Å². The molecule has 1 heterocycles. The number of hydrogen-bond acceptors (Lipinski definition) is 2. The van der Waals surface area contributed by atoms with Crippen LogP contribution in [-0.4, -0.2) is 41.3 Å². The molecular formula is C18H26FN5. The summed E-state index contributed by atoms with van der Waals surface area (Å²) in [6.45, 7) is 6.46. The molecule has 1 aromatic heterocycles. The van der Waals surface area contributed by atoms with Crippen molar-refractivity contribution in [3.63, 3.8) is 0 Å². The average Bonchev–Trinajstić information content (AvgIpc) is 2.87. The third-order valence-corrected chi connectivity index (χ3v) is 3.84. The van der Waals surface area contributed by atoms with Gasteiger partial charge < -0.3 is 10.2 Å². The molecule has 2 rings (SSSR count). The molecule has 0 bridgehead atoms. The van der Waals surface area contributed by atoms with E-state index >= 15 is 0 Å². The number of nitrogens with one attached hydrogen (secondary N) is 1. The van der Waals surface area contributed by atoms with E-state index in [1.54, 1.807) is 19.2 Å². The fourth-order valence-electron chi connectivity index (χ4n) is 2.65. The van der Waals surface area contributed by atoms with Crippen molar-refractivity contribution < 1.29 is 4.39 Å². The zero-order valence-electron chi connectivity index (χ0n) is 14.9. The van der Waals surface area contributed by atoms with E-state index in [-0.39, 0.29) is 5.82 Å². The van der Waals surface area contributed by atoms with Crippen LogP contribution in [0.25, 0.3) is 0 Å². The van der Waals surface area contributed by atoms with Crippen molar-refractivity contribution in [3.8, 4) is 0 Å². The Morgan fingerprint density at radius 1 is 1.29 bits per heavy atom. The van der Waals surface area contributed by atoms with E-state index in [1.807, 2.05) is 23.6 Å². The van der Waals surface area contributed by atoms with Gasteiger partial charge in [-0.3, -0.25) is 9.67 Å². The summed E-state index contributed by atoms with van der Waals surface area (Å²) in [5.41, 5.74) is 3.28. The Morgan fingerprint density at radius 2 is 2.00 bits per heavy atom. The summed E-state index contributed by atoms with van der Waals surface area (Å²) in [6.07, 6.45) is 0.964. The Kier molecular flexibility index (Phi) is 6.35. The Hall–Kier alpha value is -2.37. The molecule has 0 aliphatic carbocycles. The second kappa shape index (κ2) is 8.47. The number of halogens is 1. The highest BCUT2D eigenvalue weighted by Crippen LogP contribution is 2.06. The van der Waals surface area contributed by atoms with Crippen molar-refractivity contribution in [1.29, 1.82) is 0 Å². The number of aryl methyl sites for hydroxylation is 3. The molecule has 0 amide bonds. The lowest BCUT2D eigenvalue weighted by atomic mass is 10.2. The van der Waals surface area contributed by atoms with E-state index in [0.717, 1.165) is 36.7 Å². The van der Waals surface area contributed by atoms with Gasteiger partial charge in [-0.25, -0.2) is 4.39 Å². The molecular weight excluding hydrogens is 305 g/mol. The fraction of sp³-hybridized carbons (Fsp3) is 0.444. The van der Waals surface area contributed by atoms with Crippen LogP contribution in [0.5, 0.6) is 0 Å². The van der Waals surface area contributed by atoms with Crippen molar-refractivity contribution in [3.05, 3.63) is 53.1 Å². The number of hydrogen-bond donors (Lipinski definition) is 1. The van der Waals surface area contributed by atoms with Crippen LogP contribution in [0.1, 0.15) is 23.4 Å². The minimum Gasteiger partial charge on any atom is -0.356 e. The highest BCUT2D eigenvalue weighted by atomic mass is 19.1. The molecule has 0 aliphatic heterocycles. The van der Waals surface area contributed by atoms with Crippen molar-refractivity contribution in [2.75, 3.05) is 20.6 Å². The normalized spacial score (nSPS) is 11.6. The van der Waals surface area contributed by atoms with E-state index in [9.17, 15) is 4.39 Å². The quantitative estimate of drug-likeness (QED) is 0.503. The molecule has 1 aromatic carbocycles. The molecule has 0 fully saturated rings. The molecule has 0 aliphatic rings. The van der Waals surface area contributed by atoms with Crippen LogP contribution in [-0.2, 0) is 13.1 Å². The summed E-state index contributed by atoms with van der Waals surface area (Å²) in [5.74, 6) is 0.612. The minimum absolute atomic E-state index is 0.215. The van der Waals surface area contributed by atoms with Crippen LogP contribution >= 0.6 is 0 Å². The molecule has 0 unspecified atom stereocenters. The van der Waals surface area contributed by atoms with Crippen LogP contribution in [0.15, 0.2) is 35.3 Å². The molecule has 2 aromatic rings. The summed E-state index contributed by atoms with van der Waals surface area (Å²) < 4.78 is 15.0. The molecule has 0 radical (unpaired) electrons. The minimum atomic E-state index is -0.215. The second-order valence-electron chi connectivity index (χ2n) is 5.96. The molecule has 130 valence electrons. The SMILES string of the molecule is CN=C(NCCCn1nc(C)cc1C)N(C)Cc1ccc(F)cc1. The Labute approximate surface area is 143 Å². The van der Waals surface area contributed by atoms with Gasteiger partial charge in [0, 0.05) is 39.4 Å². The number of aliphatic imine (C=N–C) groups is 1. The third-order valence-electron chi connectivity index (χ3n) is 3.84. The van der Waals surface area contributed by atoms with Gasteiger partial charge in [0.1, 0.15) is 5.82 Å². The Morgan fingerprint density at radius 3 is 2.58 bits per heavy atom. The lowest BCUT2D eigenvalue weighted by Gasteiger charge is -2.22. The molecule has 0 saturated heterocycles. The number of guanidine groups is 1. The van der Waals surface area contributed by atoms with Crippen molar-refractivity contribution in [2.24, 2.45) is 4.99 Å². The molecule has 0 saturated carbocycles. The van der Waals surface area contributed by atoms with Crippen molar-refractivity contribution in [1.82, 2.24) is 20.0 Å². The summed E-state index contributed by atoms with van der Waals surface area (Å²) in [4.78, 5) is 6.33. The molecule has 0 spiro atoms. The Bertz CT molecular complexity index is 675. The van der Waals surface area contributed by atoms with E-state index in [4.69, 9.17) is 0 Å². The molecule has 6 heteroatoms. The molecule has 24 heavy (non-hydrogen) atoms. The summed E-state index contributed by atoms with van der Waals surface area (Å²) in [5, 5.41) is 7.82. The maximum absolute atomic E-state index is 13.0. The van der Waals surface area contributed by atoms with Gasteiger partial charge in [0.05, 0.1) is 5.69 Å². The standard InChI is InChI=1S/C18H26FN5/c1-14-12-15(2)24(22-14)11-5-10-21-18(20-3)23(4)13-16-6-8-17(19)9-7-16/h6-9,12H,5,10-11,13H2,1-4H3,(H,20,21). The Balaban J connectivity index is 1.79. The topological polar surface area (TPSA) is 45.5 Å². The van der Waals surface area contributed by atoms with Gasteiger partial charge in [0.25, 0.3) is 0 Å². The van der Waals surface area contributed by atoms with Gasteiger partial charge >= 0.3 is 0 Å². The number of aromatic nitrogens is 2. The highest BCUT2D eigenvalue weighted by molar-refractivity contribution is 5.79.